The molecule has 1 aromatic heterocycles. The molecular weight excluding hydrogens is 282 g/mol. The van der Waals surface area contributed by atoms with Crippen LogP contribution in [0.5, 0.6) is 0 Å². The van der Waals surface area contributed by atoms with E-state index in [1.165, 1.54) is 6.26 Å². The predicted molar refractivity (Wildman–Crippen MR) is 79.7 cm³/mol. The minimum atomic E-state index is -0.0997. The van der Waals surface area contributed by atoms with Crippen LogP contribution in [0.2, 0.25) is 0 Å². The monoisotopic (exact) mass is 305 g/mol. The van der Waals surface area contributed by atoms with Crippen molar-refractivity contribution in [3.8, 4) is 0 Å². The van der Waals surface area contributed by atoms with Gasteiger partial charge in [0.1, 0.15) is 12.0 Å². The third-order valence-electron chi connectivity index (χ3n) is 4.90. The SMILES string of the molecule is C[C@@H](c1ccon1)N(C)C(=O)C1CCN(C(=O)C2CC2)CC1. The Morgan fingerprint density at radius 2 is 1.95 bits per heavy atom. The molecule has 2 fully saturated rings. The number of likely N-dealkylation sites (tertiary alicyclic amines) is 1. The van der Waals surface area contributed by atoms with E-state index in [-0.39, 0.29) is 29.7 Å². The summed E-state index contributed by atoms with van der Waals surface area (Å²) in [6.45, 7) is 3.36. The van der Waals surface area contributed by atoms with Crippen LogP contribution in [0.1, 0.15) is 44.3 Å². The van der Waals surface area contributed by atoms with Crippen LogP contribution < -0.4 is 0 Å². The Labute approximate surface area is 130 Å². The lowest BCUT2D eigenvalue weighted by atomic mass is 9.94. The van der Waals surface area contributed by atoms with Gasteiger partial charge in [-0.25, -0.2) is 0 Å². The van der Waals surface area contributed by atoms with Gasteiger partial charge in [0, 0.05) is 38.0 Å². The van der Waals surface area contributed by atoms with Crippen molar-refractivity contribution < 1.29 is 14.1 Å². The van der Waals surface area contributed by atoms with Crippen molar-refractivity contribution in [1.29, 1.82) is 0 Å². The topological polar surface area (TPSA) is 66.7 Å². The van der Waals surface area contributed by atoms with Gasteiger partial charge in [-0.05, 0) is 32.6 Å². The largest absolute Gasteiger partial charge is 0.364 e. The van der Waals surface area contributed by atoms with Crippen molar-refractivity contribution >= 4 is 11.8 Å². The first-order valence-electron chi connectivity index (χ1n) is 8.03. The summed E-state index contributed by atoms with van der Waals surface area (Å²) in [5, 5.41) is 3.90. The van der Waals surface area contributed by atoms with Gasteiger partial charge in [0.05, 0.1) is 6.04 Å². The van der Waals surface area contributed by atoms with Crippen molar-refractivity contribution in [1.82, 2.24) is 15.0 Å². The van der Waals surface area contributed by atoms with Gasteiger partial charge in [0.2, 0.25) is 11.8 Å². The average molecular weight is 305 g/mol. The van der Waals surface area contributed by atoms with Crippen LogP contribution >= 0.6 is 0 Å². The first-order chi connectivity index (χ1) is 10.6. The van der Waals surface area contributed by atoms with E-state index in [2.05, 4.69) is 5.16 Å². The van der Waals surface area contributed by atoms with E-state index in [0.29, 0.717) is 13.1 Å². The molecule has 0 bridgehead atoms. The molecule has 6 heteroatoms. The molecule has 2 heterocycles. The van der Waals surface area contributed by atoms with E-state index in [1.807, 2.05) is 18.9 Å². The molecule has 1 aromatic rings. The number of piperidine rings is 1. The maximum atomic E-state index is 12.6. The van der Waals surface area contributed by atoms with Gasteiger partial charge in [-0.15, -0.1) is 0 Å². The van der Waals surface area contributed by atoms with Crippen molar-refractivity contribution in [2.75, 3.05) is 20.1 Å². The van der Waals surface area contributed by atoms with E-state index in [1.54, 1.807) is 11.0 Å². The normalized spacial score (nSPS) is 20.7. The summed E-state index contributed by atoms with van der Waals surface area (Å²) in [4.78, 5) is 28.3. The molecule has 0 radical (unpaired) electrons. The molecule has 0 N–H and O–H groups in total. The molecule has 6 nitrogen and oxygen atoms in total. The second-order valence-electron chi connectivity index (χ2n) is 6.42. The lowest BCUT2D eigenvalue weighted by Crippen LogP contribution is -2.44. The number of hydrogen-bond acceptors (Lipinski definition) is 4. The van der Waals surface area contributed by atoms with Crippen LogP contribution in [0, 0.1) is 11.8 Å². The van der Waals surface area contributed by atoms with Crippen molar-refractivity contribution in [3.63, 3.8) is 0 Å². The highest BCUT2D eigenvalue weighted by Gasteiger charge is 2.36. The number of nitrogens with zero attached hydrogens (tertiary/aromatic N) is 3. The molecule has 2 aliphatic rings. The fourth-order valence-electron chi connectivity index (χ4n) is 3.05. The third-order valence-corrected chi connectivity index (χ3v) is 4.90. The highest BCUT2D eigenvalue weighted by atomic mass is 16.5. The number of aromatic nitrogens is 1. The second kappa shape index (κ2) is 6.10. The highest BCUT2D eigenvalue weighted by molar-refractivity contribution is 5.82. The molecule has 1 aliphatic heterocycles. The number of carbonyl (C=O) groups is 2. The second-order valence-corrected chi connectivity index (χ2v) is 6.42. The molecule has 1 atom stereocenters. The van der Waals surface area contributed by atoms with Crippen LogP contribution in [0.3, 0.4) is 0 Å². The van der Waals surface area contributed by atoms with Gasteiger partial charge in [0.15, 0.2) is 0 Å². The molecule has 3 rings (SSSR count). The smallest absolute Gasteiger partial charge is 0.226 e. The zero-order valence-corrected chi connectivity index (χ0v) is 13.2. The van der Waals surface area contributed by atoms with Gasteiger partial charge in [-0.1, -0.05) is 5.16 Å². The molecule has 1 aliphatic carbocycles. The first kappa shape index (κ1) is 15.1. The quantitative estimate of drug-likeness (QED) is 0.851. The molecule has 2 amide bonds. The minimum absolute atomic E-state index is 0.00241. The lowest BCUT2D eigenvalue weighted by Gasteiger charge is -2.34. The predicted octanol–water partition coefficient (Wildman–Crippen LogP) is 1.84. The Kier molecular flexibility index (Phi) is 4.18. The number of rotatable bonds is 4. The van der Waals surface area contributed by atoms with Crippen molar-refractivity contribution in [2.45, 2.75) is 38.6 Å². The molecular formula is C16H23N3O3. The summed E-state index contributed by atoms with van der Waals surface area (Å²) in [5.74, 6) is 0.689. The Morgan fingerprint density at radius 1 is 1.27 bits per heavy atom. The van der Waals surface area contributed by atoms with E-state index in [4.69, 9.17) is 4.52 Å². The van der Waals surface area contributed by atoms with Crippen LogP contribution in [0.15, 0.2) is 16.9 Å². The molecule has 0 unspecified atom stereocenters. The zero-order valence-electron chi connectivity index (χ0n) is 13.2. The molecule has 22 heavy (non-hydrogen) atoms. The summed E-state index contributed by atoms with van der Waals surface area (Å²) < 4.78 is 4.85. The molecule has 0 spiro atoms. The van der Waals surface area contributed by atoms with E-state index < -0.39 is 0 Å². The lowest BCUT2D eigenvalue weighted by molar-refractivity contribution is -0.141. The standard InChI is InChI=1S/C16H23N3O3/c1-11(14-7-10-22-17-14)18(2)15(20)13-5-8-19(9-6-13)16(21)12-3-4-12/h7,10-13H,3-6,8-9H2,1-2H3/t11-/m0/s1. The van der Waals surface area contributed by atoms with E-state index >= 15 is 0 Å². The number of hydrogen-bond donors (Lipinski definition) is 0. The minimum Gasteiger partial charge on any atom is -0.364 e. The Bertz CT molecular complexity index is 531. The maximum absolute atomic E-state index is 12.6. The number of amides is 2. The van der Waals surface area contributed by atoms with Crippen LogP contribution in [-0.4, -0.2) is 46.9 Å². The van der Waals surface area contributed by atoms with Crippen LogP contribution in [0.25, 0.3) is 0 Å². The molecule has 0 aromatic carbocycles. The summed E-state index contributed by atoms with van der Waals surface area (Å²) >= 11 is 0. The molecule has 1 saturated carbocycles. The first-order valence-corrected chi connectivity index (χ1v) is 8.03. The summed E-state index contributed by atoms with van der Waals surface area (Å²) in [6, 6.07) is 1.68. The summed E-state index contributed by atoms with van der Waals surface area (Å²) in [5.41, 5.74) is 0.761. The summed E-state index contributed by atoms with van der Waals surface area (Å²) in [7, 11) is 1.81. The van der Waals surface area contributed by atoms with E-state index in [0.717, 1.165) is 31.4 Å². The average Bonchev–Trinajstić information content (AvgIpc) is 3.26. The van der Waals surface area contributed by atoms with Gasteiger partial charge in [-0.3, -0.25) is 9.59 Å². The van der Waals surface area contributed by atoms with Crippen LogP contribution in [0.4, 0.5) is 0 Å². The van der Waals surface area contributed by atoms with Gasteiger partial charge in [-0.2, -0.15) is 0 Å². The fraction of sp³-hybridized carbons (Fsp3) is 0.688. The van der Waals surface area contributed by atoms with Crippen LogP contribution in [-0.2, 0) is 9.59 Å². The third kappa shape index (κ3) is 3.00. The van der Waals surface area contributed by atoms with Gasteiger partial charge in [0.25, 0.3) is 0 Å². The number of carbonyl (C=O) groups excluding carboxylic acids is 2. The van der Waals surface area contributed by atoms with E-state index in [9.17, 15) is 9.59 Å². The fourth-order valence-corrected chi connectivity index (χ4v) is 3.05. The zero-order chi connectivity index (χ0) is 15.7. The summed E-state index contributed by atoms with van der Waals surface area (Å²) in [6.07, 6.45) is 5.11. The van der Waals surface area contributed by atoms with Crippen molar-refractivity contribution in [3.05, 3.63) is 18.0 Å². The Morgan fingerprint density at radius 3 is 2.50 bits per heavy atom. The van der Waals surface area contributed by atoms with Gasteiger partial charge < -0.3 is 14.3 Å². The maximum Gasteiger partial charge on any atom is 0.226 e. The highest BCUT2D eigenvalue weighted by Crippen LogP contribution is 2.33. The Hall–Kier alpha value is -1.85. The molecule has 1 saturated heterocycles. The van der Waals surface area contributed by atoms with Gasteiger partial charge >= 0.3 is 0 Å². The Balaban J connectivity index is 1.53. The molecule has 120 valence electrons. The van der Waals surface area contributed by atoms with Crippen molar-refractivity contribution in [2.24, 2.45) is 11.8 Å².